The van der Waals surface area contributed by atoms with Gasteiger partial charge in [0.25, 0.3) is 0 Å². The molecule has 2 aliphatic heterocycles. The summed E-state index contributed by atoms with van der Waals surface area (Å²) < 4.78 is 0. The van der Waals surface area contributed by atoms with Crippen LogP contribution in [-0.2, 0) is 4.79 Å². The quantitative estimate of drug-likeness (QED) is 0.542. The predicted octanol–water partition coefficient (Wildman–Crippen LogP) is -0.0922. The Morgan fingerprint density at radius 3 is 2.64 bits per heavy atom. The van der Waals surface area contributed by atoms with Crippen molar-refractivity contribution >= 4 is 18.3 Å². The smallest absolute Gasteiger partial charge is 0.220 e. The fourth-order valence-electron chi connectivity index (χ4n) is 1.85. The number of hydrogen-bond acceptors (Lipinski definition) is 2. The third-order valence-electron chi connectivity index (χ3n) is 2.53. The van der Waals surface area contributed by atoms with E-state index in [0.717, 1.165) is 32.5 Å². The lowest BCUT2D eigenvalue weighted by molar-refractivity contribution is -0.119. The molecule has 0 aromatic rings. The number of carbonyl (C=O) groups excluding carboxylic acids is 1. The summed E-state index contributed by atoms with van der Waals surface area (Å²) in [6, 6.07) is 0. The van der Waals surface area contributed by atoms with Gasteiger partial charge in [-0.1, -0.05) is 0 Å². The first-order chi connectivity index (χ1) is 4.81. The highest BCUT2D eigenvalue weighted by atomic mass is 35.5. The van der Waals surface area contributed by atoms with Crippen molar-refractivity contribution in [3.8, 4) is 0 Å². The molecule has 1 unspecified atom stereocenters. The first-order valence-corrected chi connectivity index (χ1v) is 3.78. The van der Waals surface area contributed by atoms with E-state index in [1.165, 1.54) is 0 Å². The molecule has 1 amide bonds. The van der Waals surface area contributed by atoms with Gasteiger partial charge < -0.3 is 10.6 Å². The molecular weight excluding hydrogens is 164 g/mol. The molecule has 0 aromatic carbocycles. The Labute approximate surface area is 72.3 Å². The minimum atomic E-state index is 0. The lowest BCUT2D eigenvalue weighted by Crippen LogP contribution is -2.26. The van der Waals surface area contributed by atoms with Gasteiger partial charge in [0.2, 0.25) is 5.91 Å². The molecule has 2 heterocycles. The average molecular weight is 177 g/mol. The predicted molar refractivity (Wildman–Crippen MR) is 44.8 cm³/mol. The Kier molecular flexibility index (Phi) is 2.40. The van der Waals surface area contributed by atoms with E-state index in [0.29, 0.717) is 0 Å². The van der Waals surface area contributed by atoms with Crippen molar-refractivity contribution in [2.75, 3.05) is 19.6 Å². The number of rotatable bonds is 0. The molecule has 2 fully saturated rings. The normalized spacial score (nSPS) is 35.5. The van der Waals surface area contributed by atoms with Gasteiger partial charge in [-0.2, -0.15) is 0 Å². The fraction of sp³-hybridized carbons (Fsp3) is 0.857. The van der Waals surface area contributed by atoms with Crippen LogP contribution in [0.15, 0.2) is 0 Å². The molecule has 2 rings (SSSR count). The number of amides is 1. The van der Waals surface area contributed by atoms with Gasteiger partial charge in [0, 0.05) is 24.9 Å². The molecule has 0 aliphatic carbocycles. The van der Waals surface area contributed by atoms with Crippen LogP contribution in [-0.4, -0.2) is 25.5 Å². The molecule has 0 aromatic heterocycles. The van der Waals surface area contributed by atoms with Crippen molar-refractivity contribution in [3.63, 3.8) is 0 Å². The standard InChI is InChI=1S/C7H12N2O.ClH/c10-6-3-7(5-9-6)1-2-8-4-7;/h8H,1-5H2,(H,9,10);1H. The van der Waals surface area contributed by atoms with E-state index in [1.54, 1.807) is 0 Å². The number of halogens is 1. The van der Waals surface area contributed by atoms with Crippen LogP contribution in [0.1, 0.15) is 12.8 Å². The van der Waals surface area contributed by atoms with E-state index in [4.69, 9.17) is 0 Å². The fourth-order valence-corrected chi connectivity index (χ4v) is 1.85. The highest BCUT2D eigenvalue weighted by Crippen LogP contribution is 2.31. The number of nitrogens with one attached hydrogen (secondary N) is 2. The summed E-state index contributed by atoms with van der Waals surface area (Å²) in [5.74, 6) is 0.226. The maximum absolute atomic E-state index is 10.9. The van der Waals surface area contributed by atoms with E-state index in [-0.39, 0.29) is 23.7 Å². The molecule has 64 valence electrons. The highest BCUT2D eigenvalue weighted by molar-refractivity contribution is 5.85. The molecule has 4 heteroatoms. The monoisotopic (exact) mass is 176 g/mol. The van der Waals surface area contributed by atoms with Gasteiger partial charge in [0.05, 0.1) is 0 Å². The Morgan fingerprint density at radius 2 is 2.18 bits per heavy atom. The zero-order chi connectivity index (χ0) is 7.03. The van der Waals surface area contributed by atoms with E-state index in [1.807, 2.05) is 0 Å². The molecule has 0 bridgehead atoms. The maximum atomic E-state index is 10.9. The highest BCUT2D eigenvalue weighted by Gasteiger charge is 2.40. The van der Waals surface area contributed by atoms with Crippen LogP contribution in [0.2, 0.25) is 0 Å². The van der Waals surface area contributed by atoms with Gasteiger partial charge in [-0.05, 0) is 13.0 Å². The van der Waals surface area contributed by atoms with E-state index in [2.05, 4.69) is 10.6 Å². The van der Waals surface area contributed by atoms with Crippen LogP contribution >= 0.6 is 12.4 Å². The molecule has 1 spiro atoms. The summed E-state index contributed by atoms with van der Waals surface area (Å²) in [6.45, 7) is 2.99. The Hall–Kier alpha value is -0.280. The number of hydrogen-bond donors (Lipinski definition) is 2. The zero-order valence-corrected chi connectivity index (χ0v) is 7.17. The molecule has 3 nitrogen and oxygen atoms in total. The summed E-state index contributed by atoms with van der Waals surface area (Å²) >= 11 is 0. The van der Waals surface area contributed by atoms with E-state index >= 15 is 0 Å². The Balaban J connectivity index is 0.000000605. The van der Waals surface area contributed by atoms with Crippen molar-refractivity contribution in [1.29, 1.82) is 0 Å². The van der Waals surface area contributed by atoms with Gasteiger partial charge in [-0.15, -0.1) is 12.4 Å². The lowest BCUT2D eigenvalue weighted by Gasteiger charge is -2.17. The van der Waals surface area contributed by atoms with Crippen molar-refractivity contribution in [3.05, 3.63) is 0 Å². The van der Waals surface area contributed by atoms with E-state index < -0.39 is 0 Å². The summed E-state index contributed by atoms with van der Waals surface area (Å²) in [7, 11) is 0. The molecule has 2 saturated heterocycles. The summed E-state index contributed by atoms with van der Waals surface area (Å²) in [4.78, 5) is 10.9. The minimum Gasteiger partial charge on any atom is -0.355 e. The van der Waals surface area contributed by atoms with Crippen molar-refractivity contribution in [2.45, 2.75) is 12.8 Å². The molecule has 11 heavy (non-hydrogen) atoms. The van der Waals surface area contributed by atoms with Crippen LogP contribution in [0.4, 0.5) is 0 Å². The van der Waals surface area contributed by atoms with Crippen LogP contribution in [0.25, 0.3) is 0 Å². The van der Waals surface area contributed by atoms with E-state index in [9.17, 15) is 4.79 Å². The van der Waals surface area contributed by atoms with Gasteiger partial charge in [0.1, 0.15) is 0 Å². The average Bonchev–Trinajstić information content (AvgIpc) is 2.46. The second-order valence-corrected chi connectivity index (χ2v) is 3.38. The second-order valence-electron chi connectivity index (χ2n) is 3.38. The Bertz CT molecular complexity index is 166. The van der Waals surface area contributed by atoms with Gasteiger partial charge >= 0.3 is 0 Å². The topological polar surface area (TPSA) is 41.1 Å². The third kappa shape index (κ3) is 1.49. The van der Waals surface area contributed by atoms with Crippen LogP contribution in [0, 0.1) is 5.41 Å². The van der Waals surface area contributed by atoms with Gasteiger partial charge in [-0.25, -0.2) is 0 Å². The van der Waals surface area contributed by atoms with Gasteiger partial charge in [0.15, 0.2) is 0 Å². The molecule has 2 aliphatic rings. The largest absolute Gasteiger partial charge is 0.355 e. The molecule has 1 atom stereocenters. The van der Waals surface area contributed by atoms with Crippen molar-refractivity contribution < 1.29 is 4.79 Å². The second kappa shape index (κ2) is 2.99. The van der Waals surface area contributed by atoms with Crippen LogP contribution < -0.4 is 10.6 Å². The minimum absolute atomic E-state index is 0. The lowest BCUT2D eigenvalue weighted by atomic mass is 9.86. The SMILES string of the molecule is Cl.O=C1CC2(CCNC2)CN1. The molecule has 0 radical (unpaired) electrons. The molecule has 2 N–H and O–H groups in total. The van der Waals surface area contributed by atoms with Crippen molar-refractivity contribution in [2.24, 2.45) is 5.41 Å². The zero-order valence-electron chi connectivity index (χ0n) is 6.35. The van der Waals surface area contributed by atoms with Crippen LogP contribution in [0.5, 0.6) is 0 Å². The van der Waals surface area contributed by atoms with Gasteiger partial charge in [-0.3, -0.25) is 4.79 Å². The maximum Gasteiger partial charge on any atom is 0.220 e. The molecular formula is C7H13ClN2O. The summed E-state index contributed by atoms with van der Waals surface area (Å²) in [5.41, 5.74) is 0.289. The van der Waals surface area contributed by atoms with Crippen molar-refractivity contribution in [1.82, 2.24) is 10.6 Å². The third-order valence-corrected chi connectivity index (χ3v) is 2.53. The molecule has 0 saturated carbocycles. The number of carbonyl (C=O) groups is 1. The summed E-state index contributed by atoms with van der Waals surface area (Å²) in [5, 5.41) is 6.16. The Morgan fingerprint density at radius 1 is 1.36 bits per heavy atom. The van der Waals surface area contributed by atoms with Crippen LogP contribution in [0.3, 0.4) is 0 Å². The summed E-state index contributed by atoms with van der Waals surface area (Å²) in [6.07, 6.45) is 1.89. The first-order valence-electron chi connectivity index (χ1n) is 3.78. The first kappa shape index (κ1) is 8.81.